The van der Waals surface area contributed by atoms with E-state index in [9.17, 15) is 4.79 Å². The Bertz CT molecular complexity index is 2080. The van der Waals surface area contributed by atoms with Gasteiger partial charge in [-0.05, 0) is 137 Å². The Hall–Kier alpha value is -7.70. The fourth-order valence-corrected chi connectivity index (χ4v) is 2.87. The van der Waals surface area contributed by atoms with Gasteiger partial charge in [-0.25, -0.2) is 0 Å². The van der Waals surface area contributed by atoms with Gasteiger partial charge in [-0.15, -0.1) is 12.0 Å². The van der Waals surface area contributed by atoms with Gasteiger partial charge in [0.1, 0.15) is 0 Å². The van der Waals surface area contributed by atoms with Crippen LogP contribution < -0.4 is 5.32 Å². The molecular weight excluding hydrogens is 572 g/mol. The van der Waals surface area contributed by atoms with Crippen molar-refractivity contribution >= 4 is 5.91 Å². The summed E-state index contributed by atoms with van der Waals surface area (Å²) in [6, 6.07) is 15.4. The highest BCUT2D eigenvalue weighted by atomic mass is 16.1. The molecule has 0 spiro atoms. The van der Waals surface area contributed by atoms with Gasteiger partial charge in [-0.1, -0.05) is 42.3 Å². The van der Waals surface area contributed by atoms with Crippen LogP contribution in [0.3, 0.4) is 0 Å². The number of hydrogen-bond donors (Lipinski definition) is 2. The van der Waals surface area contributed by atoms with E-state index >= 15 is 0 Å². The Kier molecular flexibility index (Phi) is 21.8. The van der Waals surface area contributed by atoms with Crippen LogP contribution >= 0.6 is 0 Å². The van der Waals surface area contributed by atoms with E-state index in [2.05, 4.69) is 116 Å². The second-order valence-electron chi connectivity index (χ2n) is 7.68. The lowest BCUT2D eigenvalue weighted by Crippen LogP contribution is -2.26. The van der Waals surface area contributed by atoms with E-state index in [4.69, 9.17) is 17.5 Å². The second-order valence-corrected chi connectivity index (χ2v) is 7.68. The van der Waals surface area contributed by atoms with E-state index in [1.807, 2.05) is 55.5 Å². The molecule has 0 saturated carbocycles. The molecule has 0 saturated heterocycles. The van der Waals surface area contributed by atoms with Crippen LogP contribution in [0.1, 0.15) is 44.4 Å². The smallest absolute Gasteiger partial charge is 0.253 e. The molecule has 1 amide bonds. The molecule has 0 aliphatic heterocycles. The molecular formula is C38H36N6O2. The minimum absolute atomic E-state index is 0. The van der Waals surface area contributed by atoms with Crippen LogP contribution in [0, 0.1) is 113 Å². The third-order valence-electron chi connectivity index (χ3n) is 4.71. The SMILES string of the molecule is C#CC#CC#CC#CC#CC#CC#CC#CC#CC.C[C@H](NC(=O)c1cncc(-c2cccnc2)c1)c1ccccc1.O.[HH].[HH].[HH].[HH].[HH].[HH].[N-]=[N+]=N. The average Bonchev–Trinajstić information content (AvgIpc) is 3.08. The van der Waals surface area contributed by atoms with Crippen molar-refractivity contribution in [3.05, 3.63) is 94.9 Å². The number of amides is 1. The van der Waals surface area contributed by atoms with Gasteiger partial charge in [0.25, 0.3) is 5.91 Å². The minimum Gasteiger partial charge on any atom is -0.412 e. The van der Waals surface area contributed by atoms with Crippen molar-refractivity contribution < 1.29 is 18.8 Å². The number of pyridine rings is 2. The number of carbonyl (C=O) groups is 1. The number of carbonyl (C=O) groups excluding carboxylic acids is 1. The van der Waals surface area contributed by atoms with Crippen LogP contribution in [0.15, 0.2) is 73.3 Å². The van der Waals surface area contributed by atoms with Crippen molar-refractivity contribution in [3.63, 3.8) is 0 Å². The fraction of sp³-hybridized carbons (Fsp3) is 0.0789. The van der Waals surface area contributed by atoms with Crippen molar-refractivity contribution in [3.8, 4) is 118 Å². The molecule has 1 aromatic carbocycles. The van der Waals surface area contributed by atoms with Gasteiger partial charge in [0, 0.05) is 44.5 Å². The summed E-state index contributed by atoms with van der Waals surface area (Å²) in [4.78, 5) is 22.5. The average molecular weight is 609 g/mol. The topological polar surface area (TPSA) is 147 Å². The first-order chi connectivity index (χ1) is 22.1. The number of aromatic nitrogens is 2. The Morgan fingerprint density at radius 3 is 1.78 bits per heavy atom. The zero-order valence-electron chi connectivity index (χ0n) is 24.8. The molecule has 2 aromatic heterocycles. The number of hydrogen-bond acceptors (Lipinski definition) is 4. The second kappa shape index (κ2) is 26.2. The van der Waals surface area contributed by atoms with E-state index in [0.29, 0.717) is 5.56 Å². The summed E-state index contributed by atoms with van der Waals surface area (Å²) in [5.74, 6) is 41.8. The van der Waals surface area contributed by atoms with Crippen LogP contribution in [0.25, 0.3) is 21.6 Å². The van der Waals surface area contributed by atoms with Crippen LogP contribution in [0.5, 0.6) is 0 Å². The maximum atomic E-state index is 12.4. The molecule has 1 atom stereocenters. The molecule has 4 N–H and O–H groups in total. The third-order valence-corrected chi connectivity index (χ3v) is 4.71. The molecule has 0 aliphatic rings. The Morgan fingerprint density at radius 2 is 1.30 bits per heavy atom. The van der Waals surface area contributed by atoms with E-state index in [1.165, 1.54) is 0 Å². The molecule has 0 unspecified atom stereocenters. The number of rotatable bonds is 4. The maximum Gasteiger partial charge on any atom is 0.253 e. The van der Waals surface area contributed by atoms with Crippen molar-refractivity contribution in [1.29, 1.82) is 5.53 Å². The third kappa shape index (κ3) is 17.9. The summed E-state index contributed by atoms with van der Waals surface area (Å²) < 4.78 is 0. The van der Waals surface area contributed by atoms with Gasteiger partial charge in [0.15, 0.2) is 0 Å². The fourth-order valence-electron chi connectivity index (χ4n) is 2.87. The van der Waals surface area contributed by atoms with Crippen molar-refractivity contribution in [1.82, 2.24) is 15.3 Å². The lowest BCUT2D eigenvalue weighted by Gasteiger charge is -2.14. The van der Waals surface area contributed by atoms with Gasteiger partial charge in [-0.2, -0.15) is 0 Å². The van der Waals surface area contributed by atoms with Gasteiger partial charge >= 0.3 is 0 Å². The number of benzene rings is 1. The summed E-state index contributed by atoms with van der Waals surface area (Å²) in [6.45, 7) is 3.66. The molecule has 46 heavy (non-hydrogen) atoms. The molecule has 230 valence electrons. The van der Waals surface area contributed by atoms with E-state index in [1.54, 1.807) is 36.6 Å². The number of nitrogens with one attached hydrogen (secondary N) is 2. The highest BCUT2D eigenvalue weighted by Crippen LogP contribution is 2.19. The predicted molar refractivity (Wildman–Crippen MR) is 192 cm³/mol. The quantitative estimate of drug-likeness (QED) is 0.166. The zero-order chi connectivity index (χ0) is 32.8. The van der Waals surface area contributed by atoms with Crippen molar-refractivity contribution in [2.45, 2.75) is 19.9 Å². The van der Waals surface area contributed by atoms with Gasteiger partial charge < -0.3 is 10.8 Å². The molecule has 3 rings (SSSR count). The largest absolute Gasteiger partial charge is 0.412 e. The monoisotopic (exact) mass is 608 g/mol. The van der Waals surface area contributed by atoms with Crippen molar-refractivity contribution in [2.75, 3.05) is 0 Å². The van der Waals surface area contributed by atoms with E-state index in [0.717, 1.165) is 16.7 Å². The molecule has 0 radical (unpaired) electrons. The standard InChI is InChI=1S/C19H17N3O.C19H4.HN3.H2O.6H2/c1-14(15-6-3-2-4-7-15)22-19(23)18-10-17(12-21-13-18)16-8-5-9-20-11-16;1-3-5-7-9-11-13-15-17-19-18-16-14-12-10-8-6-4-2;1-3-2;;;;;;;/h2-14H,1H3,(H,22,23);1H,2H3;1H;1H2;6*1H/t14-;;;;;;;;;/m0........./s1. The summed E-state index contributed by atoms with van der Waals surface area (Å²) in [7, 11) is 0. The molecule has 8 nitrogen and oxygen atoms in total. The number of terminal acetylenes is 1. The first-order valence-electron chi connectivity index (χ1n) is 12.7. The molecule has 2 heterocycles. The Balaban J connectivity index is -0.000000130. The molecule has 8 heteroatoms. The van der Waals surface area contributed by atoms with E-state index in [-0.39, 0.29) is 26.0 Å². The van der Waals surface area contributed by atoms with Crippen LogP contribution in [-0.4, -0.2) is 21.4 Å². The minimum atomic E-state index is -0.139. The molecule has 0 aliphatic carbocycles. The highest BCUT2D eigenvalue weighted by Gasteiger charge is 2.12. The van der Waals surface area contributed by atoms with Crippen LogP contribution in [-0.2, 0) is 0 Å². The van der Waals surface area contributed by atoms with Crippen molar-refractivity contribution in [2.24, 2.45) is 0 Å². The summed E-state index contributed by atoms with van der Waals surface area (Å²) >= 11 is 0. The van der Waals surface area contributed by atoms with E-state index < -0.39 is 0 Å². The maximum absolute atomic E-state index is 12.4. The van der Waals surface area contributed by atoms with Gasteiger partial charge in [0.05, 0.1) is 11.6 Å². The van der Waals surface area contributed by atoms with Crippen LogP contribution in [0.2, 0.25) is 0 Å². The summed E-state index contributed by atoms with van der Waals surface area (Å²) in [5.41, 5.74) is 15.7. The summed E-state index contributed by atoms with van der Waals surface area (Å²) in [6.07, 6.45) is 11.7. The molecule has 0 bridgehead atoms. The lowest BCUT2D eigenvalue weighted by molar-refractivity contribution is 0.0939. The Morgan fingerprint density at radius 1 is 0.804 bits per heavy atom. The number of nitrogens with zero attached hydrogens (tertiary/aromatic N) is 4. The van der Waals surface area contributed by atoms with Gasteiger partial charge in [-0.3, -0.25) is 14.8 Å². The zero-order valence-corrected chi connectivity index (χ0v) is 24.8. The highest BCUT2D eigenvalue weighted by molar-refractivity contribution is 5.95. The van der Waals surface area contributed by atoms with Crippen LogP contribution in [0.4, 0.5) is 0 Å². The Labute approximate surface area is 278 Å². The summed E-state index contributed by atoms with van der Waals surface area (Å²) in [5, 5.41) is 3.00. The molecule has 3 aromatic rings. The predicted octanol–water partition coefficient (Wildman–Crippen LogP) is 5.83. The van der Waals surface area contributed by atoms with Gasteiger partial charge in [0.2, 0.25) is 0 Å². The lowest BCUT2D eigenvalue weighted by atomic mass is 10.1. The normalized spacial score (nSPS) is 7.59. The first kappa shape index (κ1) is 38.3. The first-order valence-corrected chi connectivity index (χ1v) is 12.7. The molecule has 0 fully saturated rings.